The van der Waals surface area contributed by atoms with Crippen molar-refractivity contribution in [3.05, 3.63) is 63.1 Å². The molecular formula is C16H11Cl2F3N2O2. The minimum atomic E-state index is -4.47. The molecule has 0 amide bonds. The largest absolute Gasteiger partial charge is 0.505 e. The number of aromatic hydroxyl groups is 1. The van der Waals surface area contributed by atoms with Crippen LogP contribution < -0.4 is 0 Å². The van der Waals surface area contributed by atoms with E-state index in [0.29, 0.717) is 5.56 Å². The van der Waals surface area contributed by atoms with Crippen molar-refractivity contribution in [2.75, 3.05) is 0 Å². The fourth-order valence-electron chi connectivity index (χ4n) is 2.49. The van der Waals surface area contributed by atoms with Crippen molar-refractivity contribution in [1.82, 2.24) is 5.06 Å². The van der Waals surface area contributed by atoms with Crippen molar-refractivity contribution in [2.24, 2.45) is 4.99 Å². The Hall–Kier alpha value is -1.96. The Labute approximate surface area is 151 Å². The van der Waals surface area contributed by atoms with Gasteiger partial charge in [-0.3, -0.25) is 0 Å². The Morgan fingerprint density at radius 2 is 1.80 bits per heavy atom. The zero-order valence-corrected chi connectivity index (χ0v) is 14.0. The van der Waals surface area contributed by atoms with Crippen molar-refractivity contribution in [2.45, 2.75) is 18.9 Å². The van der Waals surface area contributed by atoms with Crippen LogP contribution in [0.15, 0.2) is 41.4 Å². The van der Waals surface area contributed by atoms with Crippen molar-refractivity contribution in [1.29, 1.82) is 0 Å². The first kappa shape index (κ1) is 17.8. The van der Waals surface area contributed by atoms with Crippen LogP contribution in [0.4, 0.5) is 13.2 Å². The molecule has 1 unspecified atom stereocenters. The molecule has 1 aliphatic rings. The molecule has 0 aromatic heterocycles. The number of halogens is 5. The molecule has 2 aromatic rings. The van der Waals surface area contributed by atoms with E-state index in [1.165, 1.54) is 35.4 Å². The topological polar surface area (TPSA) is 45.1 Å². The van der Waals surface area contributed by atoms with Crippen LogP contribution in [-0.2, 0) is 17.6 Å². The van der Waals surface area contributed by atoms with E-state index in [2.05, 4.69) is 4.99 Å². The summed E-state index contributed by atoms with van der Waals surface area (Å²) in [6.07, 6.45) is -4.08. The Balaban J connectivity index is 1.90. The molecule has 1 heterocycles. The summed E-state index contributed by atoms with van der Waals surface area (Å²) in [5.41, 5.74) is -0.224. The van der Waals surface area contributed by atoms with Crippen molar-refractivity contribution in [3.8, 4) is 5.75 Å². The Morgan fingerprint density at radius 1 is 1.16 bits per heavy atom. The lowest BCUT2D eigenvalue weighted by Crippen LogP contribution is -2.24. The van der Waals surface area contributed by atoms with Crippen molar-refractivity contribution in [3.63, 3.8) is 0 Å². The number of rotatable bonds is 3. The van der Waals surface area contributed by atoms with Gasteiger partial charge >= 0.3 is 6.18 Å². The smallest absolute Gasteiger partial charge is 0.416 e. The number of nitrogens with zero attached hydrogens (tertiary/aromatic N) is 2. The van der Waals surface area contributed by atoms with E-state index in [1.54, 1.807) is 0 Å². The van der Waals surface area contributed by atoms with Gasteiger partial charge in [-0.1, -0.05) is 41.4 Å². The standard InChI is InChI=1S/C16H11Cl2F3N2O2/c17-12-5-10(6-13(18)14(12)24)15-22-8-25-23(15)7-9-3-1-2-4-11(9)16(19,20)21/h1-6,8,15,24H,7H2. The van der Waals surface area contributed by atoms with Gasteiger partial charge in [-0.25, -0.2) is 4.99 Å². The zero-order valence-electron chi connectivity index (χ0n) is 12.5. The predicted molar refractivity (Wildman–Crippen MR) is 87.4 cm³/mol. The van der Waals surface area contributed by atoms with Crippen LogP contribution in [0.2, 0.25) is 10.0 Å². The Morgan fingerprint density at radius 3 is 2.44 bits per heavy atom. The quantitative estimate of drug-likeness (QED) is 0.783. The fraction of sp³-hybridized carbons (Fsp3) is 0.188. The molecule has 1 aliphatic heterocycles. The zero-order chi connectivity index (χ0) is 18.2. The molecule has 2 aromatic carbocycles. The molecule has 0 radical (unpaired) electrons. The molecular weight excluding hydrogens is 380 g/mol. The number of benzene rings is 2. The van der Waals surface area contributed by atoms with E-state index in [0.717, 1.165) is 12.5 Å². The maximum atomic E-state index is 13.1. The number of aliphatic imine (C=N–C) groups is 1. The second-order valence-corrected chi connectivity index (χ2v) is 6.11. The lowest BCUT2D eigenvalue weighted by Gasteiger charge is -2.23. The van der Waals surface area contributed by atoms with Gasteiger partial charge in [0, 0.05) is 0 Å². The lowest BCUT2D eigenvalue weighted by molar-refractivity contribution is -0.140. The summed E-state index contributed by atoms with van der Waals surface area (Å²) in [5.74, 6) is -0.274. The number of hydrogen-bond acceptors (Lipinski definition) is 4. The first-order valence-corrected chi connectivity index (χ1v) is 7.81. The van der Waals surface area contributed by atoms with Crippen LogP contribution in [0, 0.1) is 0 Å². The van der Waals surface area contributed by atoms with E-state index in [9.17, 15) is 18.3 Å². The first-order valence-electron chi connectivity index (χ1n) is 7.05. The van der Waals surface area contributed by atoms with Gasteiger partial charge in [0.05, 0.1) is 22.2 Å². The summed E-state index contributed by atoms with van der Waals surface area (Å²) < 4.78 is 39.4. The van der Waals surface area contributed by atoms with E-state index >= 15 is 0 Å². The van der Waals surface area contributed by atoms with Gasteiger partial charge in [0.1, 0.15) is 0 Å². The lowest BCUT2D eigenvalue weighted by atomic mass is 10.1. The molecule has 25 heavy (non-hydrogen) atoms. The number of hydroxylamine groups is 2. The summed E-state index contributed by atoms with van der Waals surface area (Å²) in [6, 6.07) is 8.09. The van der Waals surface area contributed by atoms with Crippen LogP contribution in [0.1, 0.15) is 22.9 Å². The fourth-order valence-corrected chi connectivity index (χ4v) is 2.99. The van der Waals surface area contributed by atoms with Crippen LogP contribution in [-0.4, -0.2) is 16.6 Å². The number of hydrogen-bond donors (Lipinski definition) is 1. The maximum Gasteiger partial charge on any atom is 0.416 e. The van der Waals surface area contributed by atoms with E-state index in [1.807, 2.05) is 0 Å². The highest BCUT2D eigenvalue weighted by Crippen LogP contribution is 2.39. The highest BCUT2D eigenvalue weighted by molar-refractivity contribution is 6.37. The normalized spacial score (nSPS) is 17.7. The van der Waals surface area contributed by atoms with Gasteiger partial charge in [-0.05, 0) is 29.3 Å². The number of alkyl halides is 3. The molecule has 9 heteroatoms. The van der Waals surface area contributed by atoms with Gasteiger partial charge in [0.25, 0.3) is 0 Å². The average Bonchev–Trinajstić information content (AvgIpc) is 3.00. The monoisotopic (exact) mass is 390 g/mol. The van der Waals surface area contributed by atoms with Crippen molar-refractivity contribution < 1.29 is 23.1 Å². The molecule has 4 nitrogen and oxygen atoms in total. The van der Waals surface area contributed by atoms with Gasteiger partial charge in [0.2, 0.25) is 0 Å². The molecule has 0 fully saturated rings. The SMILES string of the molecule is Oc1c(Cl)cc(C2N=CON2Cc2ccccc2C(F)(F)F)cc1Cl. The third kappa shape index (κ3) is 3.68. The summed E-state index contributed by atoms with van der Waals surface area (Å²) in [4.78, 5) is 9.31. The number of phenolic OH excluding ortho intramolecular Hbond substituents is 1. The number of phenols is 1. The second-order valence-electron chi connectivity index (χ2n) is 5.30. The van der Waals surface area contributed by atoms with Crippen LogP contribution in [0.5, 0.6) is 5.75 Å². The highest BCUT2D eigenvalue weighted by atomic mass is 35.5. The third-order valence-corrected chi connectivity index (χ3v) is 4.22. The summed E-state index contributed by atoms with van der Waals surface area (Å²) >= 11 is 11.8. The molecule has 132 valence electrons. The minimum absolute atomic E-state index is 0.0141. The van der Waals surface area contributed by atoms with Crippen LogP contribution in [0.3, 0.4) is 0 Å². The molecule has 1 atom stereocenters. The van der Waals surface area contributed by atoms with E-state index in [4.69, 9.17) is 28.0 Å². The molecule has 0 spiro atoms. The molecule has 3 rings (SSSR count). The molecule has 1 N–H and O–H groups in total. The van der Waals surface area contributed by atoms with E-state index in [-0.39, 0.29) is 27.9 Å². The van der Waals surface area contributed by atoms with Gasteiger partial charge < -0.3 is 9.94 Å². The van der Waals surface area contributed by atoms with Crippen LogP contribution >= 0.6 is 23.2 Å². The third-order valence-electron chi connectivity index (χ3n) is 3.64. The molecule has 0 saturated carbocycles. The summed E-state index contributed by atoms with van der Waals surface area (Å²) in [5, 5.41) is 10.9. The summed E-state index contributed by atoms with van der Waals surface area (Å²) in [6.45, 7) is -0.156. The van der Waals surface area contributed by atoms with Gasteiger partial charge in [-0.2, -0.15) is 13.2 Å². The van der Waals surface area contributed by atoms with Gasteiger partial charge in [0.15, 0.2) is 18.3 Å². The maximum absolute atomic E-state index is 13.1. The average molecular weight is 391 g/mol. The first-order chi connectivity index (χ1) is 11.8. The Bertz CT molecular complexity index is 804. The Kier molecular flexibility index (Phi) is 4.81. The molecule has 0 saturated heterocycles. The van der Waals surface area contributed by atoms with Gasteiger partial charge in [-0.15, -0.1) is 5.06 Å². The van der Waals surface area contributed by atoms with E-state index < -0.39 is 17.9 Å². The predicted octanol–water partition coefficient (Wildman–Crippen LogP) is 5.19. The second kappa shape index (κ2) is 6.74. The molecule has 0 bridgehead atoms. The summed E-state index contributed by atoms with van der Waals surface area (Å²) in [7, 11) is 0. The molecule has 0 aliphatic carbocycles. The highest BCUT2D eigenvalue weighted by Gasteiger charge is 2.35. The minimum Gasteiger partial charge on any atom is -0.505 e. The van der Waals surface area contributed by atoms with Crippen LogP contribution in [0.25, 0.3) is 0 Å². The van der Waals surface area contributed by atoms with Crippen molar-refractivity contribution >= 4 is 29.6 Å².